The van der Waals surface area contributed by atoms with Gasteiger partial charge < -0.3 is 0 Å². The van der Waals surface area contributed by atoms with E-state index in [0.29, 0.717) is 0 Å². The van der Waals surface area contributed by atoms with Crippen molar-refractivity contribution >= 4 is 31.2 Å². The molecule has 0 aromatic rings. The van der Waals surface area contributed by atoms with Crippen LogP contribution in [0.3, 0.4) is 0 Å². The number of methoxy groups -OCH3 is 4. The molecule has 1 heterocycles. The molecule has 0 aliphatic carbocycles. The minimum absolute atomic E-state index is 0.622. The molecule has 27 heavy (non-hydrogen) atoms. The van der Waals surface area contributed by atoms with Crippen molar-refractivity contribution in [3.05, 3.63) is 21.8 Å². The van der Waals surface area contributed by atoms with Gasteiger partial charge in [0.05, 0.1) is 0 Å². The van der Waals surface area contributed by atoms with Crippen molar-refractivity contribution in [2.45, 2.75) is 0 Å². The average molecular weight is 408 g/mol. The Hall–Kier alpha value is -2.33. The molecule has 1 rings (SSSR count). The normalized spacial score (nSPS) is 19.0. The van der Waals surface area contributed by atoms with Crippen molar-refractivity contribution in [1.82, 2.24) is 0 Å². The van der Waals surface area contributed by atoms with Crippen LogP contribution >= 0.6 is 7.28 Å². The van der Waals surface area contributed by atoms with E-state index in [1.54, 1.807) is 0 Å². The van der Waals surface area contributed by atoms with Crippen molar-refractivity contribution in [1.29, 1.82) is 0 Å². The van der Waals surface area contributed by atoms with Crippen molar-refractivity contribution in [2.75, 3.05) is 49.8 Å². The Morgan fingerprint density at radius 2 is 0.778 bits per heavy atom. The molecule has 0 bridgehead atoms. The van der Waals surface area contributed by atoms with E-state index in [0.717, 1.165) is 49.8 Å². The second kappa shape index (κ2) is 8.13. The van der Waals surface area contributed by atoms with E-state index in [2.05, 4.69) is 9.47 Å². The Morgan fingerprint density at radius 3 is 0.963 bits per heavy atom. The second-order valence-electron chi connectivity index (χ2n) is 4.84. The fourth-order valence-electron chi connectivity index (χ4n) is 2.82. The van der Waals surface area contributed by atoms with Crippen LogP contribution in [0.2, 0.25) is 0 Å². The van der Waals surface area contributed by atoms with Gasteiger partial charge in [0, 0.05) is 0 Å². The predicted molar refractivity (Wildman–Crippen MR) is 90.1 cm³/mol. The first-order valence-corrected chi connectivity index (χ1v) is 9.23. The number of ether oxygens (including phenoxy) is 4. The van der Waals surface area contributed by atoms with E-state index in [9.17, 15) is 19.2 Å². The van der Waals surface area contributed by atoms with Crippen LogP contribution < -0.4 is 0 Å². The van der Waals surface area contributed by atoms with E-state index in [-0.39, 0.29) is 0 Å². The van der Waals surface area contributed by atoms with Crippen LogP contribution in [0.4, 0.5) is 0 Å². The number of carbonyl (C=O) groups excluding carboxylic acids is 4. The summed E-state index contributed by atoms with van der Waals surface area (Å²) >= 11 is 0. The molecule has 0 amide bonds. The van der Waals surface area contributed by atoms with E-state index >= 15 is 0 Å². The Morgan fingerprint density at radius 1 is 0.519 bits per heavy atom. The third kappa shape index (κ3) is 2.92. The molecule has 1 aliphatic rings. The molecule has 0 saturated carbocycles. The summed E-state index contributed by atoms with van der Waals surface area (Å²) in [4.78, 5) is 50.2. The summed E-state index contributed by atoms with van der Waals surface area (Å²) in [7, 11) is 2.17. The molecule has 0 aromatic heterocycles. The number of hydrogen-bond acceptors (Lipinski definition) is 11. The van der Waals surface area contributed by atoms with Crippen molar-refractivity contribution in [3.8, 4) is 0 Å². The molecule has 0 fully saturated rings. The van der Waals surface area contributed by atoms with E-state index < -0.39 is 52.9 Å². The summed E-state index contributed by atoms with van der Waals surface area (Å²) in [5, 5.41) is -1.24. The van der Waals surface area contributed by atoms with Crippen LogP contribution in [0.5, 0.6) is 0 Å². The zero-order valence-corrected chi connectivity index (χ0v) is 16.8. The monoisotopic (exact) mass is 408 g/mol. The molecule has 0 aromatic carbocycles. The zero-order chi connectivity index (χ0) is 21.0. The molecular formula is C15H21O11P. The van der Waals surface area contributed by atoms with E-state index in [1.165, 1.54) is 0 Å². The van der Waals surface area contributed by atoms with E-state index in [4.69, 9.17) is 23.0 Å². The summed E-state index contributed by atoms with van der Waals surface area (Å²) in [6.45, 7) is 0. The van der Waals surface area contributed by atoms with Gasteiger partial charge in [-0.1, -0.05) is 0 Å². The van der Waals surface area contributed by atoms with Gasteiger partial charge in [0.2, 0.25) is 0 Å². The quantitative estimate of drug-likeness (QED) is 0.330. The van der Waals surface area contributed by atoms with Crippen LogP contribution in [0, 0.1) is 0 Å². The van der Waals surface area contributed by atoms with Gasteiger partial charge in [-0.3, -0.25) is 0 Å². The predicted octanol–water partition coefficient (Wildman–Crippen LogP) is 0.438. The standard InChI is InChI=1S/C15H21O11P/c1-20-12(16)8-9(13(17)21-2)11(15(19)23-4)27(24-5,25-6,26-7)10(8)14(18)22-3/h1-7H3. The van der Waals surface area contributed by atoms with Crippen molar-refractivity contribution in [2.24, 2.45) is 0 Å². The molecule has 0 unspecified atom stereocenters. The first-order chi connectivity index (χ1) is 12.7. The van der Waals surface area contributed by atoms with Crippen molar-refractivity contribution < 1.29 is 51.7 Å². The van der Waals surface area contributed by atoms with Gasteiger partial charge in [-0.2, -0.15) is 0 Å². The first-order valence-electron chi connectivity index (χ1n) is 7.24. The number of rotatable bonds is 7. The molecule has 152 valence electrons. The zero-order valence-electron chi connectivity index (χ0n) is 15.9. The molecule has 0 spiro atoms. The summed E-state index contributed by atoms with van der Waals surface area (Å²) in [5.74, 6) is -4.57. The third-order valence-corrected chi connectivity index (χ3v) is 8.37. The van der Waals surface area contributed by atoms with Crippen molar-refractivity contribution in [3.63, 3.8) is 0 Å². The Kier molecular flexibility index (Phi) is 6.84. The van der Waals surface area contributed by atoms with Crippen LogP contribution in [-0.4, -0.2) is 73.6 Å². The van der Waals surface area contributed by atoms with Crippen LogP contribution in [-0.2, 0) is 51.7 Å². The fourth-order valence-corrected chi connectivity index (χ4v) is 6.58. The van der Waals surface area contributed by atoms with Crippen LogP contribution in [0.15, 0.2) is 21.8 Å². The fraction of sp³-hybridized carbons (Fsp3) is 0.467. The number of carbonyl (C=O) groups is 4. The molecule has 11 nitrogen and oxygen atoms in total. The first kappa shape index (κ1) is 22.7. The number of hydrogen-bond donors (Lipinski definition) is 0. The Balaban J connectivity index is 4.34. The van der Waals surface area contributed by atoms with Gasteiger partial charge in [0.15, 0.2) is 0 Å². The molecule has 1 aliphatic heterocycles. The van der Waals surface area contributed by atoms with Gasteiger partial charge >= 0.3 is 154 Å². The van der Waals surface area contributed by atoms with Crippen LogP contribution in [0.1, 0.15) is 0 Å². The summed E-state index contributed by atoms with van der Waals surface area (Å²) in [6, 6.07) is 0. The molecule has 0 saturated heterocycles. The van der Waals surface area contributed by atoms with E-state index in [1.807, 2.05) is 0 Å². The SMILES string of the molecule is COC(=O)C1=C(C(=O)OC)P(OC)(OC)(OC)C(C(=O)OC)=C1C(=O)OC. The topological polar surface area (TPSA) is 133 Å². The second-order valence-corrected chi connectivity index (χ2v) is 8.60. The minimum atomic E-state index is -5.11. The number of esters is 4. The average Bonchev–Trinajstić information content (AvgIpc) is 3.00. The molecule has 12 heteroatoms. The van der Waals surface area contributed by atoms with Crippen LogP contribution in [0.25, 0.3) is 0 Å². The van der Waals surface area contributed by atoms with Gasteiger partial charge in [0.1, 0.15) is 0 Å². The Bertz CT molecular complexity index is 678. The maximum absolute atomic E-state index is 12.6. The molecule has 0 atom stereocenters. The van der Waals surface area contributed by atoms with Gasteiger partial charge in [0.25, 0.3) is 0 Å². The summed E-state index contributed by atoms with van der Waals surface area (Å²) < 4.78 is 35.2. The maximum atomic E-state index is 12.6. The molecular weight excluding hydrogens is 387 g/mol. The summed E-state index contributed by atoms with van der Waals surface area (Å²) in [6.07, 6.45) is 0. The van der Waals surface area contributed by atoms with Gasteiger partial charge in [-0.05, 0) is 0 Å². The van der Waals surface area contributed by atoms with Gasteiger partial charge in [-0.25, -0.2) is 0 Å². The summed E-state index contributed by atoms with van der Waals surface area (Å²) in [5.41, 5.74) is -1.28. The van der Waals surface area contributed by atoms with Gasteiger partial charge in [-0.15, -0.1) is 0 Å². The third-order valence-electron chi connectivity index (χ3n) is 4.03. The molecule has 0 N–H and O–H groups in total. The Labute approximate surface area is 155 Å². The molecule has 0 radical (unpaired) electrons.